The Morgan fingerprint density at radius 1 is 1.75 bits per heavy atom. The van der Waals surface area contributed by atoms with E-state index < -0.39 is 0 Å². The van der Waals surface area contributed by atoms with Crippen molar-refractivity contribution in [2.24, 2.45) is 5.92 Å². The number of carbonyl (C=O) groups excluding carboxylic acids is 1. The second kappa shape index (κ2) is 2.38. The Kier molecular flexibility index (Phi) is 1.66. The first-order chi connectivity index (χ1) is 5.54. The van der Waals surface area contributed by atoms with Crippen molar-refractivity contribution in [3.8, 4) is 0 Å². The minimum atomic E-state index is 0.00590. The van der Waals surface area contributed by atoms with Gasteiger partial charge >= 0.3 is 0 Å². The van der Waals surface area contributed by atoms with Crippen molar-refractivity contribution in [3.05, 3.63) is 12.2 Å². The average molecular weight is 182 g/mol. The normalized spacial score (nSPS) is 45.3. The zero-order chi connectivity index (χ0) is 8.93. The molecule has 0 aromatic rings. The molecule has 1 saturated carbocycles. The summed E-state index contributed by atoms with van der Waals surface area (Å²) >= 11 is 1.84. The number of allylic oxidation sites excluding steroid dienone is 1. The van der Waals surface area contributed by atoms with Gasteiger partial charge in [0.05, 0.1) is 4.75 Å². The molecular weight excluding hydrogens is 168 g/mol. The summed E-state index contributed by atoms with van der Waals surface area (Å²) < 4.78 is 0.00590. The Hall–Kier alpha value is -0.240. The molecule has 0 aromatic carbocycles. The number of carbonyl (C=O) groups is 1. The van der Waals surface area contributed by atoms with E-state index in [1.54, 1.807) is 0 Å². The molecule has 1 aliphatic heterocycles. The van der Waals surface area contributed by atoms with Crippen LogP contribution < -0.4 is 0 Å². The van der Waals surface area contributed by atoms with Gasteiger partial charge in [-0.2, -0.15) is 0 Å². The van der Waals surface area contributed by atoms with Crippen molar-refractivity contribution in [3.63, 3.8) is 0 Å². The standard InChI is InChI=1S/C10H14OS/c1-6(2)7-4-8(11)10(3)9(5-7)12-10/h7,9H,1,4-5H2,2-3H3. The topological polar surface area (TPSA) is 17.1 Å². The van der Waals surface area contributed by atoms with E-state index in [9.17, 15) is 4.79 Å². The minimum absolute atomic E-state index is 0.00590. The zero-order valence-electron chi connectivity index (χ0n) is 7.59. The Balaban J connectivity index is 2.12. The SMILES string of the molecule is C=C(C)C1CC(=O)C2(C)SC2C1. The van der Waals surface area contributed by atoms with Crippen LogP contribution in [0.15, 0.2) is 12.2 Å². The number of thioether (sulfide) groups is 1. The van der Waals surface area contributed by atoms with E-state index in [4.69, 9.17) is 0 Å². The summed E-state index contributed by atoms with van der Waals surface area (Å²) in [6.07, 6.45) is 1.90. The summed E-state index contributed by atoms with van der Waals surface area (Å²) in [5.74, 6) is 0.905. The van der Waals surface area contributed by atoms with Crippen LogP contribution in [0.3, 0.4) is 0 Å². The third-order valence-electron chi connectivity index (χ3n) is 3.13. The fraction of sp³-hybridized carbons (Fsp3) is 0.700. The third-order valence-corrected chi connectivity index (χ3v) is 4.82. The van der Waals surface area contributed by atoms with E-state index in [1.807, 2.05) is 18.7 Å². The Bertz CT molecular complexity index is 259. The van der Waals surface area contributed by atoms with Crippen LogP contribution in [0, 0.1) is 5.92 Å². The second-order valence-corrected chi connectivity index (χ2v) is 5.77. The number of fused-ring (bicyclic) bond motifs is 1. The average Bonchev–Trinajstić information content (AvgIpc) is 2.62. The molecule has 1 aliphatic carbocycles. The van der Waals surface area contributed by atoms with Crippen molar-refractivity contribution < 1.29 is 4.79 Å². The van der Waals surface area contributed by atoms with Gasteiger partial charge < -0.3 is 0 Å². The first kappa shape index (κ1) is 8.36. The first-order valence-electron chi connectivity index (χ1n) is 4.40. The van der Waals surface area contributed by atoms with Crippen molar-refractivity contribution in [1.29, 1.82) is 0 Å². The Morgan fingerprint density at radius 3 is 2.92 bits per heavy atom. The molecule has 0 bridgehead atoms. The van der Waals surface area contributed by atoms with Gasteiger partial charge in [0.25, 0.3) is 0 Å². The highest BCUT2D eigenvalue weighted by atomic mass is 32.2. The molecule has 0 spiro atoms. The van der Waals surface area contributed by atoms with Crippen molar-refractivity contribution in [2.75, 3.05) is 0 Å². The van der Waals surface area contributed by atoms with E-state index in [-0.39, 0.29) is 4.75 Å². The lowest BCUT2D eigenvalue weighted by Crippen LogP contribution is -2.31. The van der Waals surface area contributed by atoms with Gasteiger partial charge in [-0.05, 0) is 26.2 Å². The van der Waals surface area contributed by atoms with Gasteiger partial charge in [-0.3, -0.25) is 4.79 Å². The maximum absolute atomic E-state index is 11.6. The van der Waals surface area contributed by atoms with Crippen LogP contribution in [0.25, 0.3) is 0 Å². The van der Waals surface area contributed by atoms with E-state index in [1.165, 1.54) is 12.0 Å². The number of Topliss-reactive ketones (excluding diaryl/α,β-unsaturated/α-hetero) is 1. The Labute approximate surface area is 77.6 Å². The van der Waals surface area contributed by atoms with Crippen molar-refractivity contribution >= 4 is 17.5 Å². The van der Waals surface area contributed by atoms with Gasteiger partial charge in [0.1, 0.15) is 5.78 Å². The molecule has 66 valence electrons. The lowest BCUT2D eigenvalue weighted by molar-refractivity contribution is -0.122. The van der Waals surface area contributed by atoms with Gasteiger partial charge in [0, 0.05) is 11.7 Å². The summed E-state index contributed by atoms with van der Waals surface area (Å²) in [6.45, 7) is 8.05. The van der Waals surface area contributed by atoms with Gasteiger partial charge in [-0.15, -0.1) is 11.8 Å². The summed E-state index contributed by atoms with van der Waals surface area (Å²) in [6, 6.07) is 0. The van der Waals surface area contributed by atoms with Crippen LogP contribution >= 0.6 is 11.8 Å². The van der Waals surface area contributed by atoms with Gasteiger partial charge in [-0.25, -0.2) is 0 Å². The van der Waals surface area contributed by atoms with E-state index in [0.717, 1.165) is 6.42 Å². The van der Waals surface area contributed by atoms with Crippen molar-refractivity contribution in [1.82, 2.24) is 0 Å². The predicted octanol–water partition coefficient (Wildman–Crippen LogP) is 2.42. The molecule has 2 aliphatic rings. The number of rotatable bonds is 1. The number of ketones is 1. The molecule has 12 heavy (non-hydrogen) atoms. The van der Waals surface area contributed by atoms with Crippen LogP contribution in [0.1, 0.15) is 26.7 Å². The Morgan fingerprint density at radius 2 is 2.42 bits per heavy atom. The van der Waals surface area contributed by atoms with E-state index in [2.05, 4.69) is 13.5 Å². The van der Waals surface area contributed by atoms with Gasteiger partial charge in [0.2, 0.25) is 0 Å². The molecule has 1 heterocycles. The summed E-state index contributed by atoms with van der Waals surface area (Å²) in [4.78, 5) is 11.6. The van der Waals surface area contributed by atoms with Crippen LogP contribution in [0.5, 0.6) is 0 Å². The molecule has 1 nitrogen and oxygen atoms in total. The molecule has 3 unspecified atom stereocenters. The molecule has 0 aromatic heterocycles. The van der Waals surface area contributed by atoms with Crippen molar-refractivity contribution in [2.45, 2.75) is 36.7 Å². The van der Waals surface area contributed by atoms with E-state index >= 15 is 0 Å². The van der Waals surface area contributed by atoms with Gasteiger partial charge in [-0.1, -0.05) is 12.2 Å². The maximum Gasteiger partial charge on any atom is 0.150 e. The highest BCUT2D eigenvalue weighted by molar-refractivity contribution is 8.09. The van der Waals surface area contributed by atoms with Gasteiger partial charge in [0.15, 0.2) is 0 Å². The fourth-order valence-electron chi connectivity index (χ4n) is 1.92. The van der Waals surface area contributed by atoms with Crippen LogP contribution in [-0.4, -0.2) is 15.8 Å². The highest BCUT2D eigenvalue weighted by Gasteiger charge is 2.60. The smallest absolute Gasteiger partial charge is 0.150 e. The van der Waals surface area contributed by atoms with Crippen LogP contribution in [-0.2, 0) is 4.79 Å². The lowest BCUT2D eigenvalue weighted by Gasteiger charge is -2.23. The summed E-state index contributed by atoms with van der Waals surface area (Å²) in [7, 11) is 0. The first-order valence-corrected chi connectivity index (χ1v) is 5.28. The molecule has 1 saturated heterocycles. The quantitative estimate of drug-likeness (QED) is 0.457. The fourth-order valence-corrected chi connectivity index (χ4v) is 3.22. The second-order valence-electron chi connectivity index (χ2n) is 4.12. The largest absolute Gasteiger partial charge is 0.298 e. The summed E-state index contributed by atoms with van der Waals surface area (Å²) in [5, 5.41) is 0.598. The molecule has 0 amide bonds. The highest BCUT2D eigenvalue weighted by Crippen LogP contribution is 2.60. The molecule has 3 atom stereocenters. The number of hydrogen-bond acceptors (Lipinski definition) is 2. The third kappa shape index (κ3) is 1.05. The molecular formula is C10H14OS. The number of hydrogen-bond donors (Lipinski definition) is 0. The molecule has 2 rings (SSSR count). The van der Waals surface area contributed by atoms with E-state index in [0.29, 0.717) is 17.0 Å². The maximum atomic E-state index is 11.6. The molecule has 2 fully saturated rings. The zero-order valence-corrected chi connectivity index (χ0v) is 8.41. The van der Waals surface area contributed by atoms with Crippen LogP contribution in [0.2, 0.25) is 0 Å². The molecule has 0 N–H and O–H groups in total. The molecule has 0 radical (unpaired) electrons. The lowest BCUT2D eigenvalue weighted by atomic mass is 9.79. The van der Waals surface area contributed by atoms with Crippen LogP contribution in [0.4, 0.5) is 0 Å². The summed E-state index contributed by atoms with van der Waals surface area (Å²) in [5.41, 5.74) is 1.18. The monoisotopic (exact) mass is 182 g/mol. The minimum Gasteiger partial charge on any atom is -0.298 e. The molecule has 2 heteroatoms. The predicted molar refractivity (Wildman–Crippen MR) is 52.3 cm³/mol.